The molecule has 5 nitrogen and oxygen atoms in total. The highest BCUT2D eigenvalue weighted by atomic mass is 32.1. The maximum Gasteiger partial charge on any atom is 0.256 e. The lowest BCUT2D eigenvalue weighted by Gasteiger charge is -2.18. The van der Waals surface area contributed by atoms with Gasteiger partial charge in [0.15, 0.2) is 4.77 Å². The number of benzene rings is 2. The Bertz CT molecular complexity index is 963. The molecule has 0 aliphatic carbocycles. The van der Waals surface area contributed by atoms with E-state index in [1.807, 2.05) is 31.2 Å². The largest absolute Gasteiger partial charge is 0.492 e. The number of nitrogens with one attached hydrogen (secondary N) is 2. The van der Waals surface area contributed by atoms with Gasteiger partial charge >= 0.3 is 0 Å². The monoisotopic (exact) mass is 359 g/mol. The summed E-state index contributed by atoms with van der Waals surface area (Å²) in [4.78, 5) is 19.9. The zero-order valence-corrected chi connectivity index (χ0v) is 14.7. The van der Waals surface area contributed by atoms with E-state index in [0.717, 1.165) is 11.3 Å². The molecule has 130 valence electrons. The SMILES string of the molecule is Cc1ccc(OCCN(C)C(=O)c2cc(F)cc3[nH]c(=S)[nH]c23)cc1. The first-order valence-electron chi connectivity index (χ1n) is 7.80. The van der Waals surface area contributed by atoms with Crippen LogP contribution in [-0.4, -0.2) is 41.0 Å². The van der Waals surface area contributed by atoms with Crippen LogP contribution in [0.3, 0.4) is 0 Å². The molecule has 3 aromatic rings. The number of rotatable bonds is 5. The number of halogens is 1. The molecule has 0 unspecified atom stereocenters. The van der Waals surface area contributed by atoms with Gasteiger partial charge in [-0.1, -0.05) is 17.7 Å². The third-order valence-corrected chi connectivity index (χ3v) is 4.09. The lowest BCUT2D eigenvalue weighted by molar-refractivity contribution is 0.0775. The average molecular weight is 359 g/mol. The predicted octanol–water partition coefficient (Wildman–Crippen LogP) is 3.82. The molecule has 1 amide bonds. The molecule has 0 saturated carbocycles. The third kappa shape index (κ3) is 3.88. The van der Waals surface area contributed by atoms with Crippen molar-refractivity contribution in [2.45, 2.75) is 6.92 Å². The van der Waals surface area contributed by atoms with Gasteiger partial charge in [0, 0.05) is 7.05 Å². The summed E-state index contributed by atoms with van der Waals surface area (Å²) in [5.74, 6) is -0.0537. The van der Waals surface area contributed by atoms with E-state index >= 15 is 0 Å². The van der Waals surface area contributed by atoms with Crippen molar-refractivity contribution in [3.8, 4) is 5.75 Å². The second-order valence-corrected chi connectivity index (χ2v) is 6.25. The Morgan fingerprint density at radius 2 is 1.96 bits per heavy atom. The quantitative estimate of drug-likeness (QED) is 0.681. The Hall–Kier alpha value is -2.67. The zero-order chi connectivity index (χ0) is 18.0. The minimum absolute atomic E-state index is 0.236. The number of nitrogens with zero attached hydrogens (tertiary/aromatic N) is 1. The first kappa shape index (κ1) is 17.2. The Balaban J connectivity index is 1.70. The summed E-state index contributed by atoms with van der Waals surface area (Å²) in [6, 6.07) is 10.2. The fourth-order valence-electron chi connectivity index (χ4n) is 2.52. The van der Waals surface area contributed by atoms with E-state index in [9.17, 15) is 9.18 Å². The van der Waals surface area contributed by atoms with Crippen molar-refractivity contribution in [3.05, 3.63) is 58.1 Å². The second kappa shape index (κ2) is 7.06. The van der Waals surface area contributed by atoms with Gasteiger partial charge in [-0.25, -0.2) is 4.39 Å². The maximum absolute atomic E-state index is 13.8. The van der Waals surface area contributed by atoms with Gasteiger partial charge in [-0.15, -0.1) is 0 Å². The van der Waals surface area contributed by atoms with Crippen LogP contribution in [0.1, 0.15) is 15.9 Å². The second-order valence-electron chi connectivity index (χ2n) is 5.84. The normalized spacial score (nSPS) is 10.8. The van der Waals surface area contributed by atoms with E-state index in [1.165, 1.54) is 17.0 Å². The van der Waals surface area contributed by atoms with Crippen molar-refractivity contribution in [2.24, 2.45) is 0 Å². The number of fused-ring (bicyclic) bond motifs is 1. The zero-order valence-electron chi connectivity index (χ0n) is 13.9. The summed E-state index contributed by atoms with van der Waals surface area (Å²) in [5.41, 5.74) is 2.36. The molecule has 1 aromatic heterocycles. The molecule has 2 aromatic carbocycles. The molecule has 0 atom stereocenters. The molecule has 25 heavy (non-hydrogen) atoms. The van der Waals surface area contributed by atoms with Gasteiger partial charge in [0.05, 0.1) is 23.1 Å². The fraction of sp³-hybridized carbons (Fsp3) is 0.222. The van der Waals surface area contributed by atoms with Crippen LogP contribution in [0.2, 0.25) is 0 Å². The van der Waals surface area contributed by atoms with Gasteiger partial charge in [-0.3, -0.25) is 4.79 Å². The van der Waals surface area contributed by atoms with Crippen molar-refractivity contribution >= 4 is 29.2 Å². The Morgan fingerprint density at radius 3 is 2.68 bits per heavy atom. The van der Waals surface area contributed by atoms with Crippen molar-refractivity contribution in [1.82, 2.24) is 14.9 Å². The van der Waals surface area contributed by atoms with Crippen LogP contribution in [0, 0.1) is 17.5 Å². The summed E-state index contributed by atoms with van der Waals surface area (Å²) in [6.07, 6.45) is 0. The summed E-state index contributed by atoms with van der Waals surface area (Å²) >= 11 is 5.02. The number of aromatic nitrogens is 2. The molecule has 1 heterocycles. The maximum atomic E-state index is 13.8. The standard InChI is InChI=1S/C18H18FN3O2S/c1-11-3-5-13(6-4-11)24-8-7-22(2)17(23)14-9-12(19)10-15-16(14)21-18(25)20-15/h3-6,9-10H,7-8H2,1-2H3,(H2,20,21,25). The van der Waals surface area contributed by atoms with Gasteiger partial charge in [0.25, 0.3) is 5.91 Å². The molecule has 2 N–H and O–H groups in total. The van der Waals surface area contributed by atoms with Gasteiger partial charge in [-0.05, 0) is 43.4 Å². The minimum atomic E-state index is -0.495. The molecule has 7 heteroatoms. The summed E-state index contributed by atoms with van der Waals surface area (Å²) in [6.45, 7) is 2.71. The number of carbonyl (C=O) groups is 1. The molecule has 0 spiro atoms. The predicted molar refractivity (Wildman–Crippen MR) is 97.1 cm³/mol. The Kier molecular flexibility index (Phi) is 4.85. The van der Waals surface area contributed by atoms with Crippen molar-refractivity contribution in [1.29, 1.82) is 0 Å². The molecular formula is C18H18FN3O2S. The van der Waals surface area contributed by atoms with E-state index in [-0.39, 0.29) is 11.5 Å². The third-order valence-electron chi connectivity index (χ3n) is 3.88. The first-order valence-corrected chi connectivity index (χ1v) is 8.21. The number of ether oxygens (including phenoxy) is 1. The highest BCUT2D eigenvalue weighted by Crippen LogP contribution is 2.19. The number of aromatic amines is 2. The lowest BCUT2D eigenvalue weighted by Crippen LogP contribution is -2.31. The molecule has 0 radical (unpaired) electrons. The van der Waals surface area contributed by atoms with Gasteiger partial charge < -0.3 is 19.6 Å². The molecule has 0 saturated heterocycles. The number of aryl methyl sites for hydroxylation is 1. The van der Waals surface area contributed by atoms with E-state index in [2.05, 4.69) is 9.97 Å². The minimum Gasteiger partial charge on any atom is -0.492 e. The topological polar surface area (TPSA) is 61.1 Å². The van der Waals surface area contributed by atoms with Crippen LogP contribution in [0.25, 0.3) is 11.0 Å². The number of hydrogen-bond donors (Lipinski definition) is 2. The smallest absolute Gasteiger partial charge is 0.256 e. The fourth-order valence-corrected chi connectivity index (χ4v) is 2.73. The molecular weight excluding hydrogens is 341 g/mol. The van der Waals surface area contributed by atoms with E-state index < -0.39 is 5.82 Å². The summed E-state index contributed by atoms with van der Waals surface area (Å²) < 4.78 is 19.8. The van der Waals surface area contributed by atoms with Gasteiger partial charge in [0.1, 0.15) is 18.2 Å². The molecule has 3 rings (SSSR count). The number of hydrogen-bond acceptors (Lipinski definition) is 3. The number of likely N-dealkylation sites (N-methyl/N-ethyl adjacent to an activating group) is 1. The Morgan fingerprint density at radius 1 is 1.24 bits per heavy atom. The molecule has 0 aliphatic rings. The van der Waals surface area contributed by atoms with E-state index in [4.69, 9.17) is 17.0 Å². The van der Waals surface area contributed by atoms with Crippen molar-refractivity contribution in [3.63, 3.8) is 0 Å². The van der Waals surface area contributed by atoms with Crippen molar-refractivity contribution in [2.75, 3.05) is 20.2 Å². The van der Waals surface area contributed by atoms with Gasteiger partial charge in [0.2, 0.25) is 0 Å². The van der Waals surface area contributed by atoms with Crippen LogP contribution in [0.4, 0.5) is 4.39 Å². The van der Waals surface area contributed by atoms with Crippen LogP contribution >= 0.6 is 12.2 Å². The van der Waals surface area contributed by atoms with Gasteiger partial charge in [-0.2, -0.15) is 0 Å². The van der Waals surface area contributed by atoms with Crippen LogP contribution < -0.4 is 4.74 Å². The van der Waals surface area contributed by atoms with E-state index in [1.54, 1.807) is 7.05 Å². The Labute approximate surface area is 149 Å². The number of amides is 1. The lowest BCUT2D eigenvalue weighted by atomic mass is 10.1. The van der Waals surface area contributed by atoms with Crippen LogP contribution in [-0.2, 0) is 0 Å². The number of imidazole rings is 1. The van der Waals surface area contributed by atoms with Crippen molar-refractivity contribution < 1.29 is 13.9 Å². The summed E-state index contributed by atoms with van der Waals surface area (Å²) in [5, 5.41) is 0. The average Bonchev–Trinajstić information content (AvgIpc) is 2.95. The highest BCUT2D eigenvalue weighted by Gasteiger charge is 2.17. The van der Waals surface area contributed by atoms with E-state index in [0.29, 0.717) is 29.0 Å². The molecule has 0 aliphatic heterocycles. The highest BCUT2D eigenvalue weighted by molar-refractivity contribution is 7.71. The number of H-pyrrole nitrogens is 2. The molecule has 0 fully saturated rings. The number of carbonyl (C=O) groups excluding carboxylic acids is 1. The van der Waals surface area contributed by atoms with Crippen LogP contribution in [0.5, 0.6) is 5.75 Å². The molecule has 0 bridgehead atoms. The summed E-state index contributed by atoms with van der Waals surface area (Å²) in [7, 11) is 1.65. The van der Waals surface area contributed by atoms with Crippen LogP contribution in [0.15, 0.2) is 36.4 Å². The first-order chi connectivity index (χ1) is 11.9.